The van der Waals surface area contributed by atoms with E-state index in [4.69, 9.17) is 5.84 Å². The lowest BCUT2D eigenvalue weighted by Gasteiger charge is -2.08. The molecule has 0 atom stereocenters. The van der Waals surface area contributed by atoms with Crippen LogP contribution in [0.1, 0.15) is 11.1 Å². The molecule has 2 aromatic carbocycles. The monoisotopic (exact) mass is 416 g/mol. The molecule has 1 heterocycles. The molecule has 11 heteroatoms. The third-order valence-corrected chi connectivity index (χ3v) is 4.67. The first kappa shape index (κ1) is 19.9. The van der Waals surface area contributed by atoms with Gasteiger partial charge in [-0.15, -0.1) is 10.2 Å². The minimum Gasteiger partial charge on any atom is -0.435 e. The van der Waals surface area contributed by atoms with Gasteiger partial charge in [0.2, 0.25) is 5.16 Å². The fraction of sp³-hybridized carbons (Fsp3) is 0.176. The summed E-state index contributed by atoms with van der Waals surface area (Å²) in [6.45, 7) is -2.92. The molecule has 0 aliphatic heterocycles. The summed E-state index contributed by atoms with van der Waals surface area (Å²) in [6, 6.07) is 10.5. The van der Waals surface area contributed by atoms with Crippen LogP contribution in [0.2, 0.25) is 0 Å². The number of hydrogen-bond donors (Lipinski definition) is 1. The van der Waals surface area contributed by atoms with Gasteiger partial charge in [0.15, 0.2) is 5.82 Å². The zero-order valence-electron chi connectivity index (χ0n) is 14.0. The number of halogens is 5. The van der Waals surface area contributed by atoms with Gasteiger partial charge >= 0.3 is 12.8 Å². The van der Waals surface area contributed by atoms with Crippen molar-refractivity contribution < 1.29 is 26.7 Å². The second-order valence-corrected chi connectivity index (χ2v) is 6.50. The minimum atomic E-state index is -4.38. The van der Waals surface area contributed by atoms with Crippen LogP contribution in [0, 0.1) is 0 Å². The summed E-state index contributed by atoms with van der Waals surface area (Å²) in [4.78, 5) is 0. The lowest BCUT2D eigenvalue weighted by atomic mass is 10.1. The molecule has 5 nitrogen and oxygen atoms in total. The van der Waals surface area contributed by atoms with Crippen molar-refractivity contribution in [2.75, 3.05) is 5.84 Å². The lowest BCUT2D eigenvalue weighted by Crippen LogP contribution is -2.11. The van der Waals surface area contributed by atoms with Crippen molar-refractivity contribution in [1.29, 1.82) is 0 Å². The number of rotatable bonds is 6. The summed E-state index contributed by atoms with van der Waals surface area (Å²) in [7, 11) is 0. The Kier molecular flexibility index (Phi) is 5.73. The molecular formula is C17H13F5N4OS. The Morgan fingerprint density at radius 1 is 1.00 bits per heavy atom. The Balaban J connectivity index is 1.68. The van der Waals surface area contributed by atoms with Gasteiger partial charge in [0, 0.05) is 11.3 Å². The van der Waals surface area contributed by atoms with Crippen LogP contribution >= 0.6 is 11.8 Å². The SMILES string of the molecule is Nn1c(SCc2ccc(C(F)(F)F)cc2)nnc1-c1ccc(OC(F)F)cc1. The quantitative estimate of drug-likeness (QED) is 0.362. The Morgan fingerprint density at radius 2 is 1.64 bits per heavy atom. The van der Waals surface area contributed by atoms with E-state index in [1.54, 1.807) is 0 Å². The summed E-state index contributed by atoms with van der Waals surface area (Å²) < 4.78 is 67.6. The van der Waals surface area contributed by atoms with Crippen LogP contribution in [-0.4, -0.2) is 21.5 Å². The molecule has 1 aromatic heterocycles. The van der Waals surface area contributed by atoms with Crippen LogP contribution in [0.5, 0.6) is 5.75 Å². The van der Waals surface area contributed by atoms with Gasteiger partial charge in [0.1, 0.15) is 5.75 Å². The number of alkyl halides is 5. The molecule has 0 radical (unpaired) electrons. The molecule has 0 spiro atoms. The molecule has 148 valence electrons. The molecule has 0 bridgehead atoms. The van der Waals surface area contributed by atoms with Crippen LogP contribution in [0.15, 0.2) is 53.7 Å². The van der Waals surface area contributed by atoms with E-state index in [-0.39, 0.29) is 5.75 Å². The molecular weight excluding hydrogens is 403 g/mol. The number of benzene rings is 2. The fourth-order valence-electron chi connectivity index (χ4n) is 2.30. The van der Waals surface area contributed by atoms with E-state index < -0.39 is 18.4 Å². The average Bonchev–Trinajstić information content (AvgIpc) is 3.00. The van der Waals surface area contributed by atoms with E-state index in [9.17, 15) is 22.0 Å². The van der Waals surface area contributed by atoms with Crippen molar-refractivity contribution in [1.82, 2.24) is 14.9 Å². The Bertz CT molecular complexity index is 926. The third-order valence-electron chi connectivity index (χ3n) is 3.65. The van der Waals surface area contributed by atoms with Crippen molar-refractivity contribution in [3.63, 3.8) is 0 Å². The second kappa shape index (κ2) is 8.05. The molecule has 3 aromatic rings. The highest BCUT2D eigenvalue weighted by Crippen LogP contribution is 2.30. The lowest BCUT2D eigenvalue weighted by molar-refractivity contribution is -0.137. The number of hydrogen-bond acceptors (Lipinski definition) is 5. The highest BCUT2D eigenvalue weighted by molar-refractivity contribution is 7.98. The zero-order valence-corrected chi connectivity index (χ0v) is 14.8. The van der Waals surface area contributed by atoms with Crippen LogP contribution in [0.3, 0.4) is 0 Å². The second-order valence-electron chi connectivity index (χ2n) is 5.56. The third kappa shape index (κ3) is 4.71. The molecule has 0 saturated carbocycles. The molecule has 28 heavy (non-hydrogen) atoms. The van der Waals surface area contributed by atoms with E-state index >= 15 is 0 Å². The number of ether oxygens (including phenoxy) is 1. The van der Waals surface area contributed by atoms with Gasteiger partial charge < -0.3 is 10.6 Å². The van der Waals surface area contributed by atoms with Gasteiger partial charge in [0.05, 0.1) is 5.56 Å². The van der Waals surface area contributed by atoms with Gasteiger partial charge in [-0.3, -0.25) is 0 Å². The summed E-state index contributed by atoms with van der Waals surface area (Å²) >= 11 is 1.20. The molecule has 2 N–H and O–H groups in total. The van der Waals surface area contributed by atoms with Gasteiger partial charge in [0.25, 0.3) is 0 Å². The molecule has 0 amide bonds. The first-order valence-corrected chi connectivity index (χ1v) is 8.77. The molecule has 0 saturated heterocycles. The number of aromatic nitrogens is 3. The van der Waals surface area contributed by atoms with Crippen molar-refractivity contribution >= 4 is 11.8 Å². The minimum absolute atomic E-state index is 0.00117. The van der Waals surface area contributed by atoms with E-state index in [0.29, 0.717) is 27.9 Å². The molecule has 3 rings (SSSR count). The average molecular weight is 416 g/mol. The predicted molar refractivity (Wildman–Crippen MR) is 93.2 cm³/mol. The summed E-state index contributed by atoms with van der Waals surface area (Å²) in [5, 5.41) is 8.27. The highest BCUT2D eigenvalue weighted by Gasteiger charge is 2.29. The number of nitrogens with zero attached hydrogens (tertiary/aromatic N) is 3. The maximum Gasteiger partial charge on any atom is 0.416 e. The standard InChI is InChI=1S/C17H13F5N4OS/c18-15(19)27-13-7-3-11(4-8-13)14-24-25-16(26(14)23)28-9-10-1-5-12(6-2-10)17(20,21)22/h1-8,15H,9,23H2. The van der Waals surface area contributed by atoms with Crippen molar-refractivity contribution in [3.8, 4) is 17.1 Å². The van der Waals surface area contributed by atoms with Crippen LogP contribution < -0.4 is 10.6 Å². The van der Waals surface area contributed by atoms with Crippen LogP contribution in [0.4, 0.5) is 22.0 Å². The molecule has 0 unspecified atom stereocenters. The first-order chi connectivity index (χ1) is 13.2. The van der Waals surface area contributed by atoms with E-state index in [1.165, 1.54) is 52.8 Å². The first-order valence-electron chi connectivity index (χ1n) is 7.78. The molecule has 0 fully saturated rings. The van der Waals surface area contributed by atoms with Crippen LogP contribution in [0.25, 0.3) is 11.4 Å². The maximum absolute atomic E-state index is 12.6. The summed E-state index contributed by atoms with van der Waals surface area (Å²) in [6.07, 6.45) is -4.38. The van der Waals surface area contributed by atoms with E-state index in [1.807, 2.05) is 0 Å². The van der Waals surface area contributed by atoms with Gasteiger partial charge in [-0.05, 0) is 42.0 Å². The van der Waals surface area contributed by atoms with Crippen LogP contribution in [-0.2, 0) is 11.9 Å². The topological polar surface area (TPSA) is 66.0 Å². The van der Waals surface area contributed by atoms with E-state index in [0.717, 1.165) is 12.1 Å². The summed E-state index contributed by atoms with van der Waals surface area (Å²) in [5.74, 6) is 6.62. The molecule has 0 aliphatic rings. The smallest absolute Gasteiger partial charge is 0.416 e. The number of nitrogen functional groups attached to an aromatic ring is 1. The molecule has 0 aliphatic carbocycles. The summed E-state index contributed by atoms with van der Waals surface area (Å²) in [5.41, 5.74) is 0.485. The van der Waals surface area contributed by atoms with Gasteiger partial charge in [-0.25, -0.2) is 4.68 Å². The number of nitrogens with two attached hydrogens (primary N) is 1. The van der Waals surface area contributed by atoms with Gasteiger partial charge in [-0.1, -0.05) is 23.9 Å². The number of thioether (sulfide) groups is 1. The normalized spacial score (nSPS) is 11.8. The van der Waals surface area contributed by atoms with Crippen molar-refractivity contribution in [3.05, 3.63) is 59.7 Å². The van der Waals surface area contributed by atoms with E-state index in [2.05, 4.69) is 14.9 Å². The Labute approximate surface area is 160 Å². The van der Waals surface area contributed by atoms with Crippen molar-refractivity contribution in [2.24, 2.45) is 0 Å². The largest absolute Gasteiger partial charge is 0.435 e. The van der Waals surface area contributed by atoms with Gasteiger partial charge in [-0.2, -0.15) is 22.0 Å². The predicted octanol–water partition coefficient (Wildman–Crippen LogP) is 4.57. The fourth-order valence-corrected chi connectivity index (χ4v) is 3.11. The Hall–Kier alpha value is -2.82. The highest BCUT2D eigenvalue weighted by atomic mass is 32.2. The zero-order chi connectivity index (χ0) is 20.3. The Morgan fingerprint density at radius 3 is 2.21 bits per heavy atom. The van der Waals surface area contributed by atoms with Crippen molar-refractivity contribution in [2.45, 2.75) is 23.7 Å². The maximum atomic E-state index is 12.6.